The largest absolute Gasteiger partial charge is 0.360 e. The van der Waals surface area contributed by atoms with Gasteiger partial charge in [-0.1, -0.05) is 48.5 Å². The molecular formula is C26H17FN4S. The van der Waals surface area contributed by atoms with Gasteiger partial charge in [0.15, 0.2) is 0 Å². The molecule has 3 heterocycles. The summed E-state index contributed by atoms with van der Waals surface area (Å²) in [6.07, 6.45) is 2.02. The molecule has 154 valence electrons. The molecule has 0 aliphatic carbocycles. The van der Waals surface area contributed by atoms with Crippen LogP contribution in [-0.2, 0) is 0 Å². The molecule has 0 bridgehead atoms. The Morgan fingerprint density at radius 3 is 2.41 bits per heavy atom. The summed E-state index contributed by atoms with van der Waals surface area (Å²) < 4.78 is 15.2. The molecule has 0 fully saturated rings. The van der Waals surface area contributed by atoms with E-state index in [-0.39, 0.29) is 5.82 Å². The zero-order valence-corrected chi connectivity index (χ0v) is 17.7. The van der Waals surface area contributed by atoms with E-state index >= 15 is 0 Å². The molecule has 0 aliphatic heterocycles. The number of halogens is 1. The van der Waals surface area contributed by atoms with E-state index in [0.29, 0.717) is 0 Å². The summed E-state index contributed by atoms with van der Waals surface area (Å²) in [5.41, 5.74) is 6.69. The van der Waals surface area contributed by atoms with Crippen LogP contribution in [0.5, 0.6) is 0 Å². The van der Waals surface area contributed by atoms with Gasteiger partial charge in [0.1, 0.15) is 5.82 Å². The van der Waals surface area contributed by atoms with Gasteiger partial charge in [-0.2, -0.15) is 5.10 Å². The first-order chi connectivity index (χ1) is 15.8. The lowest BCUT2D eigenvalue weighted by molar-refractivity contribution is 0.628. The van der Waals surface area contributed by atoms with Crippen LogP contribution in [0.2, 0.25) is 0 Å². The molecule has 0 saturated heterocycles. The maximum atomic E-state index is 13.3. The Balaban J connectivity index is 1.52. The molecular weight excluding hydrogens is 419 g/mol. The van der Waals surface area contributed by atoms with Gasteiger partial charge in [-0.15, -0.1) is 11.3 Å². The van der Waals surface area contributed by atoms with Crippen molar-refractivity contribution in [2.45, 2.75) is 0 Å². The SMILES string of the molecule is Fc1ccc(-c2csc(-n3nc(-c4ccccc4)cc3-c3c[nH]c4ccccc34)n2)cc1. The molecule has 0 amide bonds. The molecule has 6 heteroatoms. The molecule has 0 aliphatic rings. The third kappa shape index (κ3) is 3.21. The number of hydrogen-bond donors (Lipinski definition) is 1. The third-order valence-corrected chi connectivity index (χ3v) is 6.27. The highest BCUT2D eigenvalue weighted by Crippen LogP contribution is 2.35. The monoisotopic (exact) mass is 436 g/mol. The fourth-order valence-electron chi connectivity index (χ4n) is 3.87. The second-order valence-electron chi connectivity index (χ2n) is 7.46. The number of para-hydroxylation sites is 1. The first kappa shape index (κ1) is 18.7. The Hall–Kier alpha value is -4.03. The number of hydrogen-bond acceptors (Lipinski definition) is 3. The van der Waals surface area contributed by atoms with Crippen LogP contribution in [0, 0.1) is 5.82 Å². The fourth-order valence-corrected chi connectivity index (χ4v) is 4.66. The number of rotatable bonds is 4. The number of nitrogens with one attached hydrogen (secondary N) is 1. The van der Waals surface area contributed by atoms with Crippen molar-refractivity contribution in [3.05, 3.63) is 102 Å². The van der Waals surface area contributed by atoms with Gasteiger partial charge in [-0.25, -0.2) is 14.1 Å². The second-order valence-corrected chi connectivity index (χ2v) is 8.30. The molecule has 32 heavy (non-hydrogen) atoms. The van der Waals surface area contributed by atoms with E-state index in [4.69, 9.17) is 10.1 Å². The predicted molar refractivity (Wildman–Crippen MR) is 127 cm³/mol. The third-order valence-electron chi connectivity index (χ3n) is 5.46. The molecule has 0 saturated carbocycles. The van der Waals surface area contributed by atoms with Gasteiger partial charge in [-0.05, 0) is 36.4 Å². The zero-order chi connectivity index (χ0) is 21.5. The topological polar surface area (TPSA) is 46.5 Å². The second kappa shape index (κ2) is 7.59. The Morgan fingerprint density at radius 1 is 0.812 bits per heavy atom. The van der Waals surface area contributed by atoms with Crippen LogP contribution >= 0.6 is 11.3 Å². The van der Waals surface area contributed by atoms with Crippen LogP contribution < -0.4 is 0 Å². The van der Waals surface area contributed by atoms with Crippen molar-refractivity contribution in [3.63, 3.8) is 0 Å². The average Bonchev–Trinajstić information content (AvgIpc) is 3.57. The van der Waals surface area contributed by atoms with Crippen molar-refractivity contribution in [2.75, 3.05) is 0 Å². The lowest BCUT2D eigenvalue weighted by Gasteiger charge is -2.03. The summed E-state index contributed by atoms with van der Waals surface area (Å²) in [5, 5.41) is 8.79. The van der Waals surface area contributed by atoms with E-state index in [1.807, 2.05) is 46.6 Å². The van der Waals surface area contributed by atoms with Crippen molar-refractivity contribution in [1.82, 2.24) is 19.7 Å². The lowest BCUT2D eigenvalue weighted by atomic mass is 10.1. The molecule has 6 aromatic rings. The summed E-state index contributed by atoms with van der Waals surface area (Å²) in [4.78, 5) is 8.18. The fraction of sp³-hybridized carbons (Fsp3) is 0. The molecule has 1 N–H and O–H groups in total. The summed E-state index contributed by atoms with van der Waals surface area (Å²) >= 11 is 1.51. The van der Waals surface area contributed by atoms with Crippen molar-refractivity contribution in [1.29, 1.82) is 0 Å². The molecule has 0 radical (unpaired) electrons. The van der Waals surface area contributed by atoms with E-state index < -0.39 is 0 Å². The van der Waals surface area contributed by atoms with E-state index in [0.717, 1.165) is 49.8 Å². The van der Waals surface area contributed by atoms with Gasteiger partial charge in [-0.3, -0.25) is 0 Å². The van der Waals surface area contributed by atoms with Crippen LogP contribution in [-0.4, -0.2) is 19.7 Å². The summed E-state index contributed by atoms with van der Waals surface area (Å²) in [6.45, 7) is 0. The van der Waals surface area contributed by atoms with Gasteiger partial charge in [0.05, 0.1) is 17.1 Å². The van der Waals surface area contributed by atoms with E-state index in [9.17, 15) is 4.39 Å². The summed E-state index contributed by atoms with van der Waals surface area (Å²) in [7, 11) is 0. The predicted octanol–water partition coefficient (Wildman–Crippen LogP) is 6.95. The lowest BCUT2D eigenvalue weighted by Crippen LogP contribution is -1.98. The molecule has 3 aromatic carbocycles. The Labute approximate surface area is 187 Å². The van der Waals surface area contributed by atoms with Crippen LogP contribution in [0.1, 0.15) is 0 Å². The van der Waals surface area contributed by atoms with Crippen LogP contribution in [0.15, 0.2) is 96.5 Å². The number of nitrogens with zero attached hydrogens (tertiary/aromatic N) is 3. The van der Waals surface area contributed by atoms with E-state index in [1.54, 1.807) is 12.1 Å². The summed E-state index contributed by atoms with van der Waals surface area (Å²) in [6, 6.07) is 26.8. The van der Waals surface area contributed by atoms with Gasteiger partial charge >= 0.3 is 0 Å². The van der Waals surface area contributed by atoms with Crippen molar-refractivity contribution in [3.8, 4) is 38.9 Å². The highest BCUT2D eigenvalue weighted by molar-refractivity contribution is 7.12. The van der Waals surface area contributed by atoms with E-state index in [1.165, 1.54) is 23.5 Å². The number of fused-ring (bicyclic) bond motifs is 1. The highest BCUT2D eigenvalue weighted by Gasteiger charge is 2.18. The molecule has 0 unspecified atom stereocenters. The number of benzene rings is 3. The Morgan fingerprint density at radius 2 is 1.56 bits per heavy atom. The highest BCUT2D eigenvalue weighted by atomic mass is 32.1. The van der Waals surface area contributed by atoms with Gasteiger partial charge < -0.3 is 4.98 Å². The Bertz CT molecular complexity index is 1530. The maximum Gasteiger partial charge on any atom is 0.211 e. The minimum Gasteiger partial charge on any atom is -0.360 e. The van der Waals surface area contributed by atoms with Crippen LogP contribution in [0.25, 0.3) is 49.8 Å². The smallest absolute Gasteiger partial charge is 0.211 e. The van der Waals surface area contributed by atoms with Crippen molar-refractivity contribution >= 4 is 22.2 Å². The van der Waals surface area contributed by atoms with Crippen LogP contribution in [0.3, 0.4) is 0 Å². The average molecular weight is 437 g/mol. The number of H-pyrrole nitrogens is 1. The number of aromatic nitrogens is 4. The van der Waals surface area contributed by atoms with Crippen LogP contribution in [0.4, 0.5) is 4.39 Å². The molecule has 3 aromatic heterocycles. The normalized spacial score (nSPS) is 11.3. The van der Waals surface area contributed by atoms with Gasteiger partial charge in [0.25, 0.3) is 0 Å². The maximum absolute atomic E-state index is 13.3. The molecule has 6 rings (SSSR count). The molecule has 0 atom stereocenters. The number of thiazole rings is 1. The minimum absolute atomic E-state index is 0.259. The number of aromatic amines is 1. The first-order valence-electron chi connectivity index (χ1n) is 10.2. The molecule has 4 nitrogen and oxygen atoms in total. The zero-order valence-electron chi connectivity index (χ0n) is 16.9. The summed E-state index contributed by atoms with van der Waals surface area (Å²) in [5.74, 6) is -0.259. The first-order valence-corrected chi connectivity index (χ1v) is 11.1. The Kier molecular flexibility index (Phi) is 4.44. The minimum atomic E-state index is -0.259. The quantitative estimate of drug-likeness (QED) is 0.325. The standard InChI is InChI=1S/C26H17FN4S/c27-19-12-10-18(11-13-19)24-16-32-26(29-24)31-25(14-23(30-31)17-6-2-1-3-7-17)21-15-28-22-9-5-4-8-20(21)22/h1-16,28H. The van der Waals surface area contributed by atoms with Gasteiger partial charge in [0.2, 0.25) is 5.13 Å². The van der Waals surface area contributed by atoms with E-state index in [2.05, 4.69) is 35.3 Å². The van der Waals surface area contributed by atoms with Crippen molar-refractivity contribution < 1.29 is 4.39 Å². The van der Waals surface area contributed by atoms with Gasteiger partial charge in [0, 0.05) is 39.2 Å². The van der Waals surface area contributed by atoms with Crippen molar-refractivity contribution in [2.24, 2.45) is 0 Å². The molecule has 0 spiro atoms.